The average Bonchev–Trinajstić information content (AvgIpc) is 1.91. The summed E-state index contributed by atoms with van der Waals surface area (Å²) < 4.78 is 9.83. The van der Waals surface area contributed by atoms with Gasteiger partial charge in [-0.25, -0.2) is 0 Å². The highest BCUT2D eigenvalue weighted by Crippen LogP contribution is 2.03. The van der Waals surface area contributed by atoms with Crippen molar-refractivity contribution < 1.29 is 9.47 Å². The molecular weight excluding hydrogens is 140 g/mol. The molecule has 2 nitrogen and oxygen atoms in total. The molecule has 50 valence electrons. The molecule has 1 rings (SSSR count). The summed E-state index contributed by atoms with van der Waals surface area (Å²) in [4.78, 5) is 0. The number of hydrogen-bond acceptors (Lipinski definition) is 2. The smallest absolute Gasteiger partial charge is 0.220 e. The van der Waals surface area contributed by atoms with Crippen molar-refractivity contribution >= 4 is 11.6 Å². The van der Waals surface area contributed by atoms with Crippen LogP contribution in [0.25, 0.3) is 0 Å². The van der Waals surface area contributed by atoms with E-state index in [9.17, 15) is 0 Å². The number of ether oxygens (including phenoxy) is 2. The third kappa shape index (κ3) is 2.08. The van der Waals surface area contributed by atoms with Crippen LogP contribution in [-0.4, -0.2) is 12.4 Å². The first-order chi connectivity index (χ1) is 4.43. The molecule has 1 heterocycles. The van der Waals surface area contributed by atoms with Gasteiger partial charge in [-0.15, -0.1) is 0 Å². The molecule has 1 aliphatic rings. The van der Waals surface area contributed by atoms with Gasteiger partial charge in [0.25, 0.3) is 0 Å². The molecule has 0 saturated heterocycles. The third-order valence-corrected chi connectivity index (χ3v) is 1.02. The summed E-state index contributed by atoms with van der Waals surface area (Å²) in [5, 5.41) is 0. The van der Waals surface area contributed by atoms with E-state index in [0.717, 1.165) is 0 Å². The van der Waals surface area contributed by atoms with Gasteiger partial charge in [-0.05, 0) is 12.2 Å². The van der Waals surface area contributed by atoms with Crippen molar-refractivity contribution in [1.29, 1.82) is 0 Å². The van der Waals surface area contributed by atoms with Crippen LogP contribution in [0.5, 0.6) is 0 Å². The summed E-state index contributed by atoms with van der Waals surface area (Å²) in [7, 11) is 0. The van der Waals surface area contributed by atoms with Crippen LogP contribution >= 0.6 is 11.6 Å². The number of alkyl halides is 1. The summed E-state index contributed by atoms with van der Waals surface area (Å²) >= 11 is 5.27. The van der Waals surface area contributed by atoms with Gasteiger partial charge in [0.05, 0.1) is 6.26 Å². The fourth-order valence-corrected chi connectivity index (χ4v) is 0.649. The first-order valence-electron chi connectivity index (χ1n) is 2.60. The average molecular weight is 147 g/mol. The SMILES string of the molecule is ClCOC1C=CC=CO1. The molecule has 1 aliphatic heterocycles. The van der Waals surface area contributed by atoms with Crippen molar-refractivity contribution in [3.8, 4) is 0 Å². The van der Waals surface area contributed by atoms with Gasteiger partial charge in [0, 0.05) is 0 Å². The van der Waals surface area contributed by atoms with Crippen molar-refractivity contribution in [3.63, 3.8) is 0 Å². The minimum Gasteiger partial charge on any atom is -0.469 e. The minimum absolute atomic E-state index is 0.156. The maximum atomic E-state index is 5.27. The van der Waals surface area contributed by atoms with Crippen LogP contribution in [0, 0.1) is 0 Å². The van der Waals surface area contributed by atoms with Crippen LogP contribution in [0.1, 0.15) is 0 Å². The van der Waals surface area contributed by atoms with Crippen LogP contribution in [0.3, 0.4) is 0 Å². The molecule has 3 heteroatoms. The quantitative estimate of drug-likeness (QED) is 0.552. The van der Waals surface area contributed by atoms with E-state index in [4.69, 9.17) is 21.1 Å². The molecule has 0 N–H and O–H groups in total. The molecule has 0 aromatic heterocycles. The van der Waals surface area contributed by atoms with Crippen LogP contribution in [0.2, 0.25) is 0 Å². The van der Waals surface area contributed by atoms with E-state index in [1.165, 1.54) is 0 Å². The molecule has 9 heavy (non-hydrogen) atoms. The van der Waals surface area contributed by atoms with Crippen molar-refractivity contribution in [2.75, 3.05) is 6.07 Å². The fourth-order valence-electron chi connectivity index (χ4n) is 0.525. The highest BCUT2D eigenvalue weighted by atomic mass is 35.5. The van der Waals surface area contributed by atoms with Gasteiger partial charge in [-0.2, -0.15) is 0 Å². The molecule has 0 bridgehead atoms. The zero-order valence-electron chi connectivity index (χ0n) is 4.79. The second kappa shape index (κ2) is 3.54. The van der Waals surface area contributed by atoms with E-state index >= 15 is 0 Å². The molecule has 0 amide bonds. The van der Waals surface area contributed by atoms with Gasteiger partial charge in [0.1, 0.15) is 6.07 Å². The van der Waals surface area contributed by atoms with E-state index in [2.05, 4.69) is 0 Å². The topological polar surface area (TPSA) is 18.5 Å². The number of allylic oxidation sites excluding steroid dienone is 2. The Bertz CT molecular complexity index is 131. The Morgan fingerprint density at radius 2 is 2.44 bits per heavy atom. The van der Waals surface area contributed by atoms with E-state index < -0.39 is 0 Å². The molecule has 0 aromatic rings. The highest BCUT2D eigenvalue weighted by molar-refractivity contribution is 6.17. The molecule has 0 radical (unpaired) electrons. The zero-order chi connectivity index (χ0) is 6.53. The van der Waals surface area contributed by atoms with Gasteiger partial charge in [0.15, 0.2) is 0 Å². The van der Waals surface area contributed by atoms with Gasteiger partial charge < -0.3 is 9.47 Å². The summed E-state index contributed by atoms with van der Waals surface area (Å²) in [6, 6.07) is 0.156. The van der Waals surface area contributed by atoms with E-state index in [-0.39, 0.29) is 12.4 Å². The summed E-state index contributed by atoms with van der Waals surface area (Å²) in [5.41, 5.74) is 0. The largest absolute Gasteiger partial charge is 0.469 e. The lowest BCUT2D eigenvalue weighted by Crippen LogP contribution is -2.11. The van der Waals surface area contributed by atoms with Gasteiger partial charge in [-0.3, -0.25) is 0 Å². The first-order valence-corrected chi connectivity index (χ1v) is 3.13. The Kier molecular flexibility index (Phi) is 2.61. The Balaban J connectivity index is 2.28. The summed E-state index contributed by atoms with van der Waals surface area (Å²) in [5.74, 6) is 0. The second-order valence-corrected chi connectivity index (χ2v) is 1.71. The Morgan fingerprint density at radius 1 is 1.56 bits per heavy atom. The van der Waals surface area contributed by atoms with E-state index in [1.807, 2.05) is 6.08 Å². The number of rotatable bonds is 2. The lowest BCUT2D eigenvalue weighted by atomic mass is 10.4. The zero-order valence-corrected chi connectivity index (χ0v) is 5.54. The Labute approximate surface area is 58.7 Å². The maximum absolute atomic E-state index is 5.27. The normalized spacial score (nSPS) is 23.9. The Morgan fingerprint density at radius 3 is 3.00 bits per heavy atom. The third-order valence-electron chi connectivity index (χ3n) is 0.898. The molecule has 0 saturated carbocycles. The van der Waals surface area contributed by atoms with Crippen molar-refractivity contribution in [1.82, 2.24) is 0 Å². The predicted molar refractivity (Wildman–Crippen MR) is 35.0 cm³/mol. The predicted octanol–water partition coefficient (Wildman–Crippen LogP) is 1.63. The molecule has 0 aromatic carbocycles. The lowest BCUT2D eigenvalue weighted by Gasteiger charge is -2.12. The van der Waals surface area contributed by atoms with Crippen LogP contribution in [0.4, 0.5) is 0 Å². The van der Waals surface area contributed by atoms with Gasteiger partial charge in [-0.1, -0.05) is 17.7 Å². The van der Waals surface area contributed by atoms with Crippen molar-refractivity contribution in [3.05, 3.63) is 24.5 Å². The fraction of sp³-hybridized carbons (Fsp3) is 0.333. The lowest BCUT2D eigenvalue weighted by molar-refractivity contribution is -0.0562. The van der Waals surface area contributed by atoms with Crippen LogP contribution in [0.15, 0.2) is 24.5 Å². The molecule has 0 spiro atoms. The van der Waals surface area contributed by atoms with Gasteiger partial charge >= 0.3 is 0 Å². The standard InChI is InChI=1S/C6H7ClO2/c7-5-9-6-3-1-2-4-8-6/h1-4,6H,5H2. The summed E-state index contributed by atoms with van der Waals surface area (Å²) in [6.45, 7) is 0. The monoisotopic (exact) mass is 146 g/mol. The Hall–Kier alpha value is -0.470. The molecule has 1 unspecified atom stereocenters. The van der Waals surface area contributed by atoms with Crippen molar-refractivity contribution in [2.45, 2.75) is 6.29 Å². The van der Waals surface area contributed by atoms with Gasteiger partial charge in [0.2, 0.25) is 6.29 Å². The van der Waals surface area contributed by atoms with Crippen molar-refractivity contribution in [2.24, 2.45) is 0 Å². The number of hydrogen-bond donors (Lipinski definition) is 0. The van der Waals surface area contributed by atoms with E-state index in [1.54, 1.807) is 18.4 Å². The van der Waals surface area contributed by atoms with Crippen LogP contribution < -0.4 is 0 Å². The first kappa shape index (κ1) is 6.65. The molecular formula is C6H7ClO2. The second-order valence-electron chi connectivity index (χ2n) is 1.49. The maximum Gasteiger partial charge on any atom is 0.220 e. The molecule has 1 atom stereocenters. The molecule has 0 aliphatic carbocycles. The molecule has 0 fully saturated rings. The van der Waals surface area contributed by atoms with E-state index in [0.29, 0.717) is 0 Å². The van der Waals surface area contributed by atoms with Crippen LogP contribution in [-0.2, 0) is 9.47 Å². The number of halogens is 1. The highest BCUT2D eigenvalue weighted by Gasteiger charge is 2.02. The summed E-state index contributed by atoms with van der Waals surface area (Å²) in [6.07, 6.45) is 6.68. The minimum atomic E-state index is -0.299.